The molecule has 2 aromatic carbocycles. The average Bonchev–Trinajstić information content (AvgIpc) is 3.02. The first-order valence-corrected chi connectivity index (χ1v) is 9.20. The summed E-state index contributed by atoms with van der Waals surface area (Å²) in [6.45, 7) is 5.72. The Kier molecular flexibility index (Phi) is 4.40. The Labute approximate surface area is 144 Å². The van der Waals surface area contributed by atoms with Crippen molar-refractivity contribution in [1.82, 2.24) is 9.47 Å². The van der Waals surface area contributed by atoms with E-state index < -0.39 is 0 Å². The van der Waals surface area contributed by atoms with Crippen molar-refractivity contribution in [3.63, 3.8) is 0 Å². The Hall–Kier alpha value is -2.06. The van der Waals surface area contributed by atoms with Crippen LogP contribution < -0.4 is 0 Å². The van der Waals surface area contributed by atoms with Gasteiger partial charge in [0.15, 0.2) is 0 Å². The SMILES string of the molecule is CCc1cn(C2CCN(Cc3ccccc3)CC2)c2ccccc12. The van der Waals surface area contributed by atoms with Crippen molar-refractivity contribution in [3.05, 3.63) is 71.9 Å². The Morgan fingerprint density at radius 3 is 2.38 bits per heavy atom. The van der Waals surface area contributed by atoms with Gasteiger partial charge in [-0.2, -0.15) is 0 Å². The van der Waals surface area contributed by atoms with Gasteiger partial charge in [-0.1, -0.05) is 55.5 Å². The fourth-order valence-corrected chi connectivity index (χ4v) is 4.06. The van der Waals surface area contributed by atoms with Crippen LogP contribution in [0.3, 0.4) is 0 Å². The number of piperidine rings is 1. The number of aromatic nitrogens is 1. The Bertz CT molecular complexity index is 795. The van der Waals surface area contributed by atoms with Crippen LogP contribution in [0.2, 0.25) is 0 Å². The number of hydrogen-bond donors (Lipinski definition) is 0. The molecule has 124 valence electrons. The molecule has 4 rings (SSSR count). The van der Waals surface area contributed by atoms with Crippen LogP contribution in [0.15, 0.2) is 60.8 Å². The van der Waals surface area contributed by atoms with Crippen LogP contribution >= 0.6 is 0 Å². The second-order valence-electron chi connectivity index (χ2n) is 6.93. The lowest BCUT2D eigenvalue weighted by atomic mass is 10.0. The largest absolute Gasteiger partial charge is 0.344 e. The summed E-state index contributed by atoms with van der Waals surface area (Å²) in [4.78, 5) is 2.60. The first-order chi connectivity index (χ1) is 11.8. The number of fused-ring (bicyclic) bond motifs is 1. The van der Waals surface area contributed by atoms with Crippen LogP contribution in [-0.4, -0.2) is 22.6 Å². The summed E-state index contributed by atoms with van der Waals surface area (Å²) in [6, 6.07) is 20.4. The summed E-state index contributed by atoms with van der Waals surface area (Å²) < 4.78 is 2.55. The molecule has 3 aromatic rings. The minimum absolute atomic E-state index is 0.641. The van der Waals surface area contributed by atoms with Crippen molar-refractivity contribution < 1.29 is 0 Å². The van der Waals surface area contributed by atoms with Crippen molar-refractivity contribution in [1.29, 1.82) is 0 Å². The Balaban J connectivity index is 1.48. The predicted molar refractivity (Wildman–Crippen MR) is 101 cm³/mol. The zero-order valence-electron chi connectivity index (χ0n) is 14.5. The van der Waals surface area contributed by atoms with Crippen molar-refractivity contribution in [2.24, 2.45) is 0 Å². The van der Waals surface area contributed by atoms with Crippen molar-refractivity contribution in [2.75, 3.05) is 13.1 Å². The van der Waals surface area contributed by atoms with Gasteiger partial charge >= 0.3 is 0 Å². The fraction of sp³-hybridized carbons (Fsp3) is 0.364. The number of para-hydroxylation sites is 1. The first kappa shape index (κ1) is 15.5. The molecule has 1 fully saturated rings. The van der Waals surface area contributed by atoms with E-state index in [0.29, 0.717) is 6.04 Å². The van der Waals surface area contributed by atoms with Gasteiger partial charge in [0.1, 0.15) is 0 Å². The van der Waals surface area contributed by atoms with Gasteiger partial charge in [0.2, 0.25) is 0 Å². The van der Waals surface area contributed by atoms with Crippen LogP contribution in [0.4, 0.5) is 0 Å². The highest BCUT2D eigenvalue weighted by molar-refractivity contribution is 5.84. The van der Waals surface area contributed by atoms with Crippen LogP contribution in [0.25, 0.3) is 10.9 Å². The molecule has 0 bridgehead atoms. The Morgan fingerprint density at radius 1 is 0.917 bits per heavy atom. The standard InChI is InChI=1S/C22H26N2/c1-2-19-17-24(22-11-7-6-10-21(19)22)20-12-14-23(15-13-20)16-18-8-4-3-5-9-18/h3-11,17,20H,2,12-16H2,1H3. The maximum absolute atomic E-state index is 2.60. The highest BCUT2D eigenvalue weighted by Gasteiger charge is 2.22. The van der Waals surface area contributed by atoms with Gasteiger partial charge in [-0.15, -0.1) is 0 Å². The molecule has 0 unspecified atom stereocenters. The van der Waals surface area contributed by atoms with Gasteiger partial charge in [0.25, 0.3) is 0 Å². The molecule has 1 aromatic heterocycles. The minimum atomic E-state index is 0.641. The molecule has 1 aliphatic rings. The molecule has 1 saturated heterocycles. The summed E-state index contributed by atoms with van der Waals surface area (Å²) in [5, 5.41) is 1.44. The maximum atomic E-state index is 2.60. The van der Waals surface area contributed by atoms with E-state index in [0.717, 1.165) is 13.0 Å². The summed E-state index contributed by atoms with van der Waals surface area (Å²) >= 11 is 0. The topological polar surface area (TPSA) is 8.17 Å². The second-order valence-corrected chi connectivity index (χ2v) is 6.93. The lowest BCUT2D eigenvalue weighted by Crippen LogP contribution is -2.34. The molecule has 0 saturated carbocycles. The van der Waals surface area contributed by atoms with Crippen LogP contribution in [0, 0.1) is 0 Å². The lowest BCUT2D eigenvalue weighted by Gasteiger charge is -2.33. The number of hydrogen-bond acceptors (Lipinski definition) is 1. The van der Waals surface area contributed by atoms with Gasteiger partial charge in [-0.3, -0.25) is 4.90 Å². The van der Waals surface area contributed by atoms with E-state index in [9.17, 15) is 0 Å². The third-order valence-corrected chi connectivity index (χ3v) is 5.40. The smallest absolute Gasteiger partial charge is 0.0485 e. The van der Waals surface area contributed by atoms with E-state index in [1.165, 1.54) is 48.0 Å². The predicted octanol–water partition coefficient (Wildman–Crippen LogP) is 5.04. The summed E-state index contributed by atoms with van der Waals surface area (Å²) in [7, 11) is 0. The van der Waals surface area contributed by atoms with Gasteiger partial charge < -0.3 is 4.57 Å². The van der Waals surface area contributed by atoms with E-state index in [4.69, 9.17) is 0 Å². The molecule has 24 heavy (non-hydrogen) atoms. The van der Waals surface area contributed by atoms with Crippen molar-refractivity contribution >= 4 is 10.9 Å². The molecule has 0 atom stereocenters. The molecule has 0 radical (unpaired) electrons. The van der Waals surface area contributed by atoms with Crippen molar-refractivity contribution in [3.8, 4) is 0 Å². The van der Waals surface area contributed by atoms with Gasteiger partial charge in [-0.25, -0.2) is 0 Å². The van der Waals surface area contributed by atoms with E-state index >= 15 is 0 Å². The zero-order chi connectivity index (χ0) is 16.4. The third kappa shape index (κ3) is 2.99. The highest BCUT2D eigenvalue weighted by Crippen LogP contribution is 2.30. The number of aryl methyl sites for hydroxylation is 1. The molecule has 2 heterocycles. The van der Waals surface area contributed by atoms with Crippen LogP contribution in [-0.2, 0) is 13.0 Å². The lowest BCUT2D eigenvalue weighted by molar-refractivity contribution is 0.181. The molecular formula is C22H26N2. The van der Waals surface area contributed by atoms with E-state index in [2.05, 4.69) is 77.2 Å². The number of benzene rings is 2. The molecule has 2 heteroatoms. The molecule has 0 amide bonds. The summed E-state index contributed by atoms with van der Waals surface area (Å²) in [5.41, 5.74) is 4.32. The molecule has 0 spiro atoms. The fourth-order valence-electron chi connectivity index (χ4n) is 4.06. The van der Waals surface area contributed by atoms with Crippen LogP contribution in [0.5, 0.6) is 0 Å². The molecule has 0 N–H and O–H groups in total. The monoisotopic (exact) mass is 318 g/mol. The summed E-state index contributed by atoms with van der Waals surface area (Å²) in [5.74, 6) is 0. The van der Waals surface area contributed by atoms with E-state index in [1.807, 2.05) is 0 Å². The Morgan fingerprint density at radius 2 is 1.62 bits per heavy atom. The molecule has 2 nitrogen and oxygen atoms in total. The van der Waals surface area contributed by atoms with E-state index in [1.54, 1.807) is 0 Å². The van der Waals surface area contributed by atoms with Gasteiger partial charge in [-0.05, 0) is 36.5 Å². The van der Waals surface area contributed by atoms with E-state index in [-0.39, 0.29) is 0 Å². The van der Waals surface area contributed by atoms with Gasteiger partial charge in [0, 0.05) is 42.8 Å². The maximum Gasteiger partial charge on any atom is 0.0485 e. The highest BCUT2D eigenvalue weighted by atomic mass is 15.1. The number of rotatable bonds is 4. The second kappa shape index (κ2) is 6.82. The third-order valence-electron chi connectivity index (χ3n) is 5.40. The zero-order valence-corrected chi connectivity index (χ0v) is 14.5. The molecule has 1 aliphatic heterocycles. The minimum Gasteiger partial charge on any atom is -0.344 e. The quantitative estimate of drug-likeness (QED) is 0.654. The first-order valence-electron chi connectivity index (χ1n) is 9.20. The number of nitrogens with zero attached hydrogens (tertiary/aromatic N) is 2. The van der Waals surface area contributed by atoms with Gasteiger partial charge in [0.05, 0.1) is 0 Å². The summed E-state index contributed by atoms with van der Waals surface area (Å²) in [6.07, 6.45) is 6.01. The number of likely N-dealkylation sites (tertiary alicyclic amines) is 1. The normalized spacial score (nSPS) is 16.7. The van der Waals surface area contributed by atoms with Crippen molar-refractivity contribution in [2.45, 2.75) is 38.8 Å². The molecular weight excluding hydrogens is 292 g/mol. The average molecular weight is 318 g/mol. The van der Waals surface area contributed by atoms with Crippen LogP contribution in [0.1, 0.15) is 36.9 Å². The molecule has 0 aliphatic carbocycles.